The van der Waals surface area contributed by atoms with Gasteiger partial charge in [0.05, 0.1) is 11.5 Å². The summed E-state index contributed by atoms with van der Waals surface area (Å²) < 4.78 is 35.5. The molecular formula is C8H13FO4S. The van der Waals surface area contributed by atoms with E-state index in [1.165, 1.54) is 0 Å². The van der Waals surface area contributed by atoms with Crippen molar-refractivity contribution in [2.75, 3.05) is 11.5 Å². The predicted octanol–water partition coefficient (Wildman–Crippen LogP) is 0.624. The van der Waals surface area contributed by atoms with Crippen LogP contribution in [0.15, 0.2) is 0 Å². The first-order chi connectivity index (χ1) is 6.41. The van der Waals surface area contributed by atoms with E-state index in [4.69, 9.17) is 5.11 Å². The van der Waals surface area contributed by atoms with Crippen LogP contribution < -0.4 is 0 Å². The van der Waals surface area contributed by atoms with Crippen LogP contribution in [0.5, 0.6) is 0 Å². The lowest BCUT2D eigenvalue weighted by molar-refractivity contribution is -0.137. The van der Waals surface area contributed by atoms with E-state index in [0.29, 0.717) is 0 Å². The third-order valence-corrected chi connectivity index (χ3v) is 4.21. The molecule has 82 valence electrons. The lowest BCUT2D eigenvalue weighted by Crippen LogP contribution is -2.34. The van der Waals surface area contributed by atoms with E-state index in [0.717, 1.165) is 0 Å². The number of alkyl halides is 1. The second kappa shape index (κ2) is 4.25. The van der Waals surface area contributed by atoms with Gasteiger partial charge < -0.3 is 5.11 Å². The van der Waals surface area contributed by atoms with Crippen LogP contribution in [0.2, 0.25) is 0 Å². The number of carbonyl (C=O) groups is 1. The third kappa shape index (κ3) is 3.25. The van der Waals surface area contributed by atoms with Gasteiger partial charge in [-0.1, -0.05) is 0 Å². The van der Waals surface area contributed by atoms with Crippen LogP contribution in [-0.2, 0) is 14.6 Å². The van der Waals surface area contributed by atoms with Crippen molar-refractivity contribution in [1.82, 2.24) is 0 Å². The molecule has 1 fully saturated rings. The highest BCUT2D eigenvalue weighted by atomic mass is 32.2. The monoisotopic (exact) mass is 224 g/mol. The van der Waals surface area contributed by atoms with Crippen LogP contribution in [0.4, 0.5) is 4.39 Å². The zero-order valence-corrected chi connectivity index (χ0v) is 8.46. The molecule has 1 rings (SSSR count). The van der Waals surface area contributed by atoms with Gasteiger partial charge in [-0.05, 0) is 12.8 Å². The molecule has 1 saturated heterocycles. The van der Waals surface area contributed by atoms with Gasteiger partial charge in [-0.3, -0.25) is 4.79 Å². The van der Waals surface area contributed by atoms with E-state index < -0.39 is 27.9 Å². The molecule has 14 heavy (non-hydrogen) atoms. The van der Waals surface area contributed by atoms with E-state index >= 15 is 0 Å². The van der Waals surface area contributed by atoms with Crippen molar-refractivity contribution in [1.29, 1.82) is 0 Å². The molecular weight excluding hydrogens is 211 g/mol. The average molecular weight is 224 g/mol. The Morgan fingerprint density at radius 2 is 2.14 bits per heavy atom. The molecule has 1 aliphatic heterocycles. The normalized spacial score (nSPS) is 31.2. The number of halogens is 1. The van der Waals surface area contributed by atoms with Gasteiger partial charge in [0.15, 0.2) is 9.84 Å². The number of sulfone groups is 1. The van der Waals surface area contributed by atoms with Crippen molar-refractivity contribution < 1.29 is 22.7 Å². The van der Waals surface area contributed by atoms with E-state index in [1.807, 2.05) is 0 Å². The van der Waals surface area contributed by atoms with Crippen molar-refractivity contribution in [2.24, 2.45) is 5.92 Å². The number of aliphatic carboxylic acids is 1. The van der Waals surface area contributed by atoms with Crippen molar-refractivity contribution in [3.63, 3.8) is 0 Å². The van der Waals surface area contributed by atoms with Crippen LogP contribution in [0.1, 0.15) is 19.3 Å². The van der Waals surface area contributed by atoms with E-state index in [9.17, 15) is 17.6 Å². The minimum atomic E-state index is -3.15. The molecule has 0 aromatic heterocycles. The van der Waals surface area contributed by atoms with Crippen LogP contribution in [-0.4, -0.2) is 37.2 Å². The zero-order chi connectivity index (χ0) is 10.8. The van der Waals surface area contributed by atoms with Gasteiger partial charge >= 0.3 is 5.97 Å². The number of hydrogen-bond acceptors (Lipinski definition) is 3. The third-order valence-electron chi connectivity index (χ3n) is 2.41. The first-order valence-corrected chi connectivity index (χ1v) is 6.29. The highest BCUT2D eigenvalue weighted by Crippen LogP contribution is 2.25. The number of carboxylic acid groups (broad SMARTS) is 1. The van der Waals surface area contributed by atoms with Crippen LogP contribution >= 0.6 is 0 Å². The van der Waals surface area contributed by atoms with Crippen molar-refractivity contribution in [3.8, 4) is 0 Å². The Morgan fingerprint density at radius 1 is 1.50 bits per heavy atom. The smallest absolute Gasteiger partial charge is 0.303 e. The summed E-state index contributed by atoms with van der Waals surface area (Å²) in [4.78, 5) is 10.2. The Labute approximate surface area is 82.0 Å². The topological polar surface area (TPSA) is 71.4 Å². The van der Waals surface area contributed by atoms with E-state index in [1.54, 1.807) is 0 Å². The second-order valence-electron chi connectivity index (χ2n) is 3.61. The first-order valence-electron chi connectivity index (χ1n) is 4.47. The number of carboxylic acids is 1. The molecule has 2 atom stereocenters. The summed E-state index contributed by atoms with van der Waals surface area (Å²) in [5, 5.41) is 8.39. The molecule has 0 aromatic rings. The SMILES string of the molecule is O=C(O)CC[C@H]1CS(=O)(=O)CC[C@H]1F. The van der Waals surface area contributed by atoms with Crippen molar-refractivity contribution >= 4 is 15.8 Å². The van der Waals surface area contributed by atoms with Crippen LogP contribution in [0, 0.1) is 5.92 Å². The summed E-state index contributed by atoms with van der Waals surface area (Å²) in [6, 6.07) is 0. The standard InChI is InChI=1S/C8H13FO4S/c9-7-3-4-14(12,13)5-6(7)1-2-8(10)11/h6-7H,1-5H2,(H,10,11)/t6-,7+/m0/s1. The van der Waals surface area contributed by atoms with Crippen molar-refractivity contribution in [2.45, 2.75) is 25.4 Å². The summed E-state index contributed by atoms with van der Waals surface area (Å²) in [7, 11) is -3.15. The molecule has 1 N–H and O–H groups in total. The van der Waals surface area contributed by atoms with Crippen LogP contribution in [0.3, 0.4) is 0 Å². The minimum absolute atomic E-state index is 0.00657. The summed E-state index contributed by atoms with van der Waals surface area (Å²) in [5.41, 5.74) is 0. The molecule has 0 unspecified atom stereocenters. The highest BCUT2D eigenvalue weighted by Gasteiger charge is 2.33. The fourth-order valence-corrected chi connectivity index (χ4v) is 3.39. The van der Waals surface area contributed by atoms with Gasteiger partial charge in [-0.15, -0.1) is 0 Å². The maximum atomic E-state index is 13.2. The second-order valence-corrected chi connectivity index (χ2v) is 5.84. The first kappa shape index (κ1) is 11.4. The summed E-state index contributed by atoms with van der Waals surface area (Å²) >= 11 is 0. The lowest BCUT2D eigenvalue weighted by atomic mass is 9.98. The zero-order valence-electron chi connectivity index (χ0n) is 7.65. The predicted molar refractivity (Wildman–Crippen MR) is 48.5 cm³/mol. The van der Waals surface area contributed by atoms with E-state index in [-0.39, 0.29) is 30.8 Å². The molecule has 0 radical (unpaired) electrons. The minimum Gasteiger partial charge on any atom is -0.481 e. The maximum absolute atomic E-state index is 13.2. The molecule has 0 bridgehead atoms. The van der Waals surface area contributed by atoms with Gasteiger partial charge in [0.1, 0.15) is 6.17 Å². The fourth-order valence-electron chi connectivity index (χ4n) is 1.61. The molecule has 1 aliphatic rings. The Hall–Kier alpha value is -0.650. The molecule has 0 saturated carbocycles. The largest absolute Gasteiger partial charge is 0.481 e. The quantitative estimate of drug-likeness (QED) is 0.763. The van der Waals surface area contributed by atoms with Gasteiger partial charge in [0.25, 0.3) is 0 Å². The number of hydrogen-bond donors (Lipinski definition) is 1. The molecule has 1 heterocycles. The van der Waals surface area contributed by atoms with E-state index in [2.05, 4.69) is 0 Å². The molecule has 6 heteroatoms. The van der Waals surface area contributed by atoms with Gasteiger partial charge in [-0.2, -0.15) is 0 Å². The fraction of sp³-hybridized carbons (Fsp3) is 0.875. The Morgan fingerprint density at radius 3 is 2.71 bits per heavy atom. The Balaban J connectivity index is 2.53. The summed E-state index contributed by atoms with van der Waals surface area (Å²) in [5.74, 6) is -1.97. The van der Waals surface area contributed by atoms with Gasteiger partial charge in [0, 0.05) is 12.3 Å². The maximum Gasteiger partial charge on any atom is 0.303 e. The molecule has 0 aromatic carbocycles. The Bertz CT molecular complexity index is 311. The average Bonchev–Trinajstić information content (AvgIpc) is 2.06. The summed E-state index contributed by atoms with van der Waals surface area (Å²) in [6.45, 7) is 0. The Kier molecular flexibility index (Phi) is 3.47. The molecule has 4 nitrogen and oxygen atoms in total. The van der Waals surface area contributed by atoms with Crippen LogP contribution in [0.25, 0.3) is 0 Å². The van der Waals surface area contributed by atoms with Gasteiger partial charge in [0.2, 0.25) is 0 Å². The van der Waals surface area contributed by atoms with Gasteiger partial charge in [-0.25, -0.2) is 12.8 Å². The lowest BCUT2D eigenvalue weighted by Gasteiger charge is -2.25. The highest BCUT2D eigenvalue weighted by molar-refractivity contribution is 7.91. The molecule has 0 amide bonds. The number of rotatable bonds is 3. The molecule has 0 aliphatic carbocycles. The molecule has 0 spiro atoms. The van der Waals surface area contributed by atoms with Crippen molar-refractivity contribution in [3.05, 3.63) is 0 Å². The summed E-state index contributed by atoms with van der Waals surface area (Å²) in [6.07, 6.45) is -1.22.